The number of hydrogen-bond donors (Lipinski definition) is 0. The van der Waals surface area contributed by atoms with Crippen molar-refractivity contribution in [2.24, 2.45) is 0 Å². The van der Waals surface area contributed by atoms with Crippen molar-refractivity contribution in [1.29, 1.82) is 0 Å². The number of rotatable bonds is 5. The molecule has 0 saturated carbocycles. The predicted octanol–water partition coefficient (Wildman–Crippen LogP) is 6.74. The van der Waals surface area contributed by atoms with E-state index in [0.29, 0.717) is 13.2 Å². The second kappa shape index (κ2) is 8.29. The van der Waals surface area contributed by atoms with Crippen molar-refractivity contribution >= 4 is 0 Å². The third-order valence-corrected chi connectivity index (χ3v) is 5.86. The van der Waals surface area contributed by atoms with Crippen LogP contribution in [0, 0.1) is 0 Å². The number of fused-ring (bicyclic) bond motifs is 1. The fourth-order valence-corrected chi connectivity index (χ4v) is 4.39. The van der Waals surface area contributed by atoms with E-state index in [0.717, 1.165) is 17.1 Å². The zero-order valence-corrected chi connectivity index (χ0v) is 17.7. The maximum atomic E-state index is 5.91. The Morgan fingerprint density at radius 1 is 0.645 bits per heavy atom. The molecule has 1 heterocycles. The standard InChI is InChI=1S/C28H24O3/c1-29-22-13-14-23(26(16-22)30-2)28-25-18-31-17-21(25)15-24(19-9-5-3-6-10-19)27(28)20-11-7-4-8-12-20/h3-16H,17-18H2,1-2H3. The van der Waals surface area contributed by atoms with Crippen LogP contribution in [0.25, 0.3) is 33.4 Å². The van der Waals surface area contributed by atoms with E-state index in [1.807, 2.05) is 12.1 Å². The molecular formula is C28H24O3. The van der Waals surface area contributed by atoms with E-state index in [-0.39, 0.29) is 0 Å². The average Bonchev–Trinajstić information content (AvgIpc) is 3.32. The minimum Gasteiger partial charge on any atom is -0.497 e. The molecular weight excluding hydrogens is 384 g/mol. The van der Waals surface area contributed by atoms with Crippen LogP contribution in [0.5, 0.6) is 11.5 Å². The highest BCUT2D eigenvalue weighted by Gasteiger charge is 2.26. The summed E-state index contributed by atoms with van der Waals surface area (Å²) in [6.07, 6.45) is 0. The Morgan fingerprint density at radius 2 is 1.35 bits per heavy atom. The van der Waals surface area contributed by atoms with Gasteiger partial charge >= 0.3 is 0 Å². The van der Waals surface area contributed by atoms with Crippen molar-refractivity contribution in [2.45, 2.75) is 13.2 Å². The first kappa shape index (κ1) is 19.4. The summed E-state index contributed by atoms with van der Waals surface area (Å²) >= 11 is 0. The Labute approximate surface area is 182 Å². The molecule has 5 rings (SSSR count). The Kier molecular flexibility index (Phi) is 5.19. The predicted molar refractivity (Wildman–Crippen MR) is 124 cm³/mol. The molecule has 154 valence electrons. The second-order valence-electron chi connectivity index (χ2n) is 7.60. The summed E-state index contributed by atoms with van der Waals surface area (Å²) in [4.78, 5) is 0. The van der Waals surface area contributed by atoms with E-state index in [1.54, 1.807) is 14.2 Å². The van der Waals surface area contributed by atoms with Crippen molar-refractivity contribution in [3.8, 4) is 44.9 Å². The Balaban J connectivity index is 1.89. The lowest BCUT2D eigenvalue weighted by Crippen LogP contribution is -1.99. The van der Waals surface area contributed by atoms with E-state index in [2.05, 4.69) is 72.8 Å². The number of methoxy groups -OCH3 is 2. The molecule has 0 spiro atoms. The van der Waals surface area contributed by atoms with Gasteiger partial charge in [0.25, 0.3) is 0 Å². The van der Waals surface area contributed by atoms with Gasteiger partial charge in [0.1, 0.15) is 11.5 Å². The molecule has 0 bridgehead atoms. The van der Waals surface area contributed by atoms with Gasteiger partial charge in [-0.05, 0) is 57.1 Å². The summed E-state index contributed by atoms with van der Waals surface area (Å²) < 4.78 is 17.2. The molecule has 4 aromatic rings. The number of ether oxygens (including phenoxy) is 3. The van der Waals surface area contributed by atoms with Gasteiger partial charge in [0.2, 0.25) is 0 Å². The number of benzene rings is 4. The summed E-state index contributed by atoms with van der Waals surface area (Å²) in [5.74, 6) is 1.56. The zero-order valence-electron chi connectivity index (χ0n) is 17.7. The van der Waals surface area contributed by atoms with Crippen LogP contribution in [0.3, 0.4) is 0 Å². The quantitative estimate of drug-likeness (QED) is 0.366. The third kappa shape index (κ3) is 3.47. The summed E-state index contributed by atoms with van der Waals surface area (Å²) in [5, 5.41) is 0. The SMILES string of the molecule is COc1ccc(-c2c3c(cc(-c4ccccc4)c2-c2ccccc2)COC3)c(OC)c1. The maximum absolute atomic E-state index is 5.91. The zero-order chi connectivity index (χ0) is 21.2. The summed E-state index contributed by atoms with van der Waals surface area (Å²) in [7, 11) is 3.38. The van der Waals surface area contributed by atoms with Crippen LogP contribution in [0.15, 0.2) is 84.9 Å². The van der Waals surface area contributed by atoms with Gasteiger partial charge in [0.05, 0.1) is 27.4 Å². The molecule has 4 aromatic carbocycles. The molecule has 0 aliphatic carbocycles. The van der Waals surface area contributed by atoms with Gasteiger partial charge in [-0.1, -0.05) is 60.7 Å². The molecule has 31 heavy (non-hydrogen) atoms. The minimum absolute atomic E-state index is 0.592. The second-order valence-corrected chi connectivity index (χ2v) is 7.60. The van der Waals surface area contributed by atoms with Crippen LogP contribution in [-0.2, 0) is 18.0 Å². The van der Waals surface area contributed by atoms with Crippen LogP contribution in [0.1, 0.15) is 11.1 Å². The smallest absolute Gasteiger partial charge is 0.130 e. The van der Waals surface area contributed by atoms with E-state index in [4.69, 9.17) is 14.2 Å². The van der Waals surface area contributed by atoms with Gasteiger partial charge in [0.15, 0.2) is 0 Å². The molecule has 3 nitrogen and oxygen atoms in total. The normalized spacial score (nSPS) is 12.5. The maximum Gasteiger partial charge on any atom is 0.130 e. The fourth-order valence-electron chi connectivity index (χ4n) is 4.39. The van der Waals surface area contributed by atoms with Crippen molar-refractivity contribution in [3.05, 3.63) is 96.1 Å². The van der Waals surface area contributed by atoms with E-state index in [1.165, 1.54) is 38.9 Å². The van der Waals surface area contributed by atoms with Crippen molar-refractivity contribution < 1.29 is 14.2 Å². The fraction of sp³-hybridized carbons (Fsp3) is 0.143. The highest BCUT2D eigenvalue weighted by molar-refractivity contribution is 5.98. The molecule has 0 radical (unpaired) electrons. The van der Waals surface area contributed by atoms with Crippen LogP contribution in [0.4, 0.5) is 0 Å². The van der Waals surface area contributed by atoms with Gasteiger partial charge in [-0.3, -0.25) is 0 Å². The summed E-state index contributed by atoms with van der Waals surface area (Å²) in [6, 6.07) is 29.4. The number of hydrogen-bond acceptors (Lipinski definition) is 3. The first-order valence-corrected chi connectivity index (χ1v) is 10.4. The van der Waals surface area contributed by atoms with Gasteiger partial charge in [-0.25, -0.2) is 0 Å². The topological polar surface area (TPSA) is 27.7 Å². The molecule has 0 saturated heterocycles. The van der Waals surface area contributed by atoms with Gasteiger partial charge in [-0.15, -0.1) is 0 Å². The van der Waals surface area contributed by atoms with Crippen molar-refractivity contribution in [1.82, 2.24) is 0 Å². The van der Waals surface area contributed by atoms with Gasteiger partial charge in [-0.2, -0.15) is 0 Å². The largest absolute Gasteiger partial charge is 0.497 e. The lowest BCUT2D eigenvalue weighted by atomic mass is 9.83. The first-order chi connectivity index (χ1) is 15.3. The molecule has 0 atom stereocenters. The summed E-state index contributed by atoms with van der Waals surface area (Å²) in [6.45, 7) is 1.21. The molecule has 0 amide bonds. The van der Waals surface area contributed by atoms with E-state index in [9.17, 15) is 0 Å². The molecule has 3 heteroatoms. The Morgan fingerprint density at radius 3 is 2.03 bits per heavy atom. The lowest BCUT2D eigenvalue weighted by molar-refractivity contribution is 0.134. The first-order valence-electron chi connectivity index (χ1n) is 10.4. The molecule has 0 unspecified atom stereocenters. The molecule has 0 N–H and O–H groups in total. The lowest BCUT2D eigenvalue weighted by Gasteiger charge is -2.21. The van der Waals surface area contributed by atoms with Crippen LogP contribution in [0.2, 0.25) is 0 Å². The van der Waals surface area contributed by atoms with Gasteiger partial charge in [0, 0.05) is 11.6 Å². The molecule has 0 fully saturated rings. The molecule has 1 aliphatic heterocycles. The van der Waals surface area contributed by atoms with Crippen LogP contribution >= 0.6 is 0 Å². The molecule has 1 aliphatic rings. The van der Waals surface area contributed by atoms with Crippen molar-refractivity contribution in [2.75, 3.05) is 14.2 Å². The van der Waals surface area contributed by atoms with Crippen LogP contribution in [-0.4, -0.2) is 14.2 Å². The van der Waals surface area contributed by atoms with E-state index >= 15 is 0 Å². The Bertz CT molecular complexity index is 1210. The average molecular weight is 408 g/mol. The monoisotopic (exact) mass is 408 g/mol. The van der Waals surface area contributed by atoms with E-state index < -0.39 is 0 Å². The Hall–Kier alpha value is -3.56. The highest BCUT2D eigenvalue weighted by Crippen LogP contribution is 2.48. The van der Waals surface area contributed by atoms with Crippen molar-refractivity contribution in [3.63, 3.8) is 0 Å². The molecule has 0 aromatic heterocycles. The summed E-state index contributed by atoms with van der Waals surface area (Å²) in [5.41, 5.74) is 9.41. The minimum atomic E-state index is 0.592. The highest BCUT2D eigenvalue weighted by atomic mass is 16.5. The van der Waals surface area contributed by atoms with Gasteiger partial charge < -0.3 is 14.2 Å². The van der Waals surface area contributed by atoms with Crippen LogP contribution < -0.4 is 9.47 Å². The third-order valence-electron chi connectivity index (χ3n) is 5.86.